The minimum atomic E-state index is -3.72. The van der Waals surface area contributed by atoms with Crippen LogP contribution in [0.1, 0.15) is 17.5 Å². The molecule has 2 fully saturated rings. The molecule has 0 amide bonds. The van der Waals surface area contributed by atoms with Crippen molar-refractivity contribution >= 4 is 21.7 Å². The van der Waals surface area contributed by atoms with Crippen LogP contribution in [0.25, 0.3) is 0 Å². The Morgan fingerprint density at radius 3 is 2.61 bits per heavy atom. The van der Waals surface area contributed by atoms with Crippen LogP contribution in [-0.2, 0) is 21.2 Å². The zero-order valence-corrected chi connectivity index (χ0v) is 16.2. The number of carboxylic acids is 1. The third kappa shape index (κ3) is 3.27. The molecule has 2 aromatic carbocycles. The number of aliphatic carboxylic acids is 1. The van der Waals surface area contributed by atoms with Crippen LogP contribution < -0.4 is 4.90 Å². The summed E-state index contributed by atoms with van der Waals surface area (Å²) >= 11 is 0. The van der Waals surface area contributed by atoms with Crippen LogP contribution in [0.2, 0.25) is 0 Å². The summed E-state index contributed by atoms with van der Waals surface area (Å²) in [6.07, 6.45) is 0.484. The first kappa shape index (κ1) is 18.9. The molecule has 2 unspecified atom stereocenters. The summed E-state index contributed by atoms with van der Waals surface area (Å²) in [6, 6.07) is 10.8. The number of hydrogen-bond donors (Lipinski definition) is 1. The predicted molar refractivity (Wildman–Crippen MR) is 102 cm³/mol. The molecule has 0 radical (unpaired) electrons. The van der Waals surface area contributed by atoms with E-state index in [0.717, 1.165) is 11.3 Å². The molecular weight excluding hydrogens is 383 g/mol. The summed E-state index contributed by atoms with van der Waals surface area (Å²) in [5.74, 6) is -1.31. The van der Waals surface area contributed by atoms with E-state index in [1.807, 2.05) is 6.07 Å². The quantitative estimate of drug-likeness (QED) is 0.828. The van der Waals surface area contributed by atoms with Gasteiger partial charge in [0.2, 0.25) is 10.0 Å². The average molecular weight is 404 g/mol. The van der Waals surface area contributed by atoms with Gasteiger partial charge in [0.05, 0.1) is 11.3 Å². The fourth-order valence-electron chi connectivity index (χ4n) is 4.19. The van der Waals surface area contributed by atoms with Crippen molar-refractivity contribution in [2.75, 3.05) is 18.0 Å². The van der Waals surface area contributed by atoms with Crippen molar-refractivity contribution in [1.29, 1.82) is 0 Å². The number of nitrogens with zero attached hydrogens (tertiary/aromatic N) is 2. The summed E-state index contributed by atoms with van der Waals surface area (Å²) in [5, 5.41) is 9.05. The minimum Gasteiger partial charge on any atom is -0.481 e. The van der Waals surface area contributed by atoms with E-state index >= 15 is 0 Å². The second-order valence-corrected chi connectivity index (χ2v) is 9.30. The number of anilines is 1. The van der Waals surface area contributed by atoms with E-state index in [4.69, 9.17) is 5.11 Å². The molecule has 0 aromatic heterocycles. The van der Waals surface area contributed by atoms with Crippen molar-refractivity contribution in [2.45, 2.75) is 36.7 Å². The van der Waals surface area contributed by atoms with E-state index in [9.17, 15) is 17.6 Å². The second kappa shape index (κ2) is 6.86. The lowest BCUT2D eigenvalue weighted by Crippen LogP contribution is -2.48. The van der Waals surface area contributed by atoms with Gasteiger partial charge in [0.1, 0.15) is 5.82 Å². The lowest BCUT2D eigenvalue weighted by atomic mass is 10.1. The molecule has 2 aromatic rings. The molecule has 2 heterocycles. The number of carboxylic acid groups (broad SMARTS) is 1. The lowest BCUT2D eigenvalue weighted by molar-refractivity contribution is -0.136. The van der Waals surface area contributed by atoms with Crippen LogP contribution in [0.15, 0.2) is 47.4 Å². The zero-order chi connectivity index (χ0) is 20.1. The minimum absolute atomic E-state index is 0.00510. The van der Waals surface area contributed by atoms with Gasteiger partial charge in [0.25, 0.3) is 0 Å². The molecule has 28 heavy (non-hydrogen) atoms. The summed E-state index contributed by atoms with van der Waals surface area (Å²) in [5.41, 5.74) is 2.02. The van der Waals surface area contributed by atoms with E-state index in [-0.39, 0.29) is 29.2 Å². The highest BCUT2D eigenvalue weighted by Crippen LogP contribution is 2.38. The Kier molecular flexibility index (Phi) is 4.63. The average Bonchev–Trinajstić information content (AvgIpc) is 3.24. The Bertz CT molecular complexity index is 1040. The standard InChI is InChI=1S/C20H21FN2O4S/c1-13-5-6-19(7-14(13)8-20(24)25)28(26,27)23-12-17-10-18(23)11-22(17)16-4-2-3-15(21)9-16/h2-7,9,17-18H,8,10-12H2,1H3,(H,24,25). The van der Waals surface area contributed by atoms with Gasteiger partial charge in [0, 0.05) is 30.9 Å². The van der Waals surface area contributed by atoms with Crippen LogP contribution >= 0.6 is 0 Å². The Morgan fingerprint density at radius 1 is 1.18 bits per heavy atom. The maximum absolute atomic E-state index is 13.5. The summed E-state index contributed by atoms with van der Waals surface area (Å²) in [6.45, 7) is 2.62. The fourth-order valence-corrected chi connectivity index (χ4v) is 5.91. The van der Waals surface area contributed by atoms with Crippen LogP contribution in [0, 0.1) is 12.7 Å². The fraction of sp³-hybridized carbons (Fsp3) is 0.350. The Balaban J connectivity index is 1.57. The monoisotopic (exact) mass is 404 g/mol. The molecule has 6 nitrogen and oxygen atoms in total. The van der Waals surface area contributed by atoms with Crippen molar-refractivity contribution in [1.82, 2.24) is 4.31 Å². The van der Waals surface area contributed by atoms with Gasteiger partial charge in [-0.3, -0.25) is 4.79 Å². The maximum atomic E-state index is 13.5. The number of benzene rings is 2. The van der Waals surface area contributed by atoms with Gasteiger partial charge in [-0.1, -0.05) is 12.1 Å². The van der Waals surface area contributed by atoms with Crippen LogP contribution in [0.5, 0.6) is 0 Å². The number of halogens is 1. The molecule has 1 N–H and O–H groups in total. The number of carbonyl (C=O) groups is 1. The smallest absolute Gasteiger partial charge is 0.307 e. The van der Waals surface area contributed by atoms with Gasteiger partial charge in [0.15, 0.2) is 0 Å². The van der Waals surface area contributed by atoms with Crippen LogP contribution in [0.3, 0.4) is 0 Å². The molecule has 2 bridgehead atoms. The molecule has 8 heteroatoms. The van der Waals surface area contributed by atoms with E-state index in [2.05, 4.69) is 4.90 Å². The first-order chi connectivity index (χ1) is 13.3. The van der Waals surface area contributed by atoms with Gasteiger partial charge < -0.3 is 10.0 Å². The van der Waals surface area contributed by atoms with Gasteiger partial charge >= 0.3 is 5.97 Å². The first-order valence-corrected chi connectivity index (χ1v) is 10.5. The molecule has 2 atom stereocenters. The highest BCUT2D eigenvalue weighted by molar-refractivity contribution is 7.89. The van der Waals surface area contributed by atoms with Gasteiger partial charge in [-0.15, -0.1) is 0 Å². The molecule has 0 spiro atoms. The highest BCUT2D eigenvalue weighted by Gasteiger charge is 2.48. The van der Waals surface area contributed by atoms with Gasteiger partial charge in [-0.25, -0.2) is 12.8 Å². The number of sulfonamides is 1. The highest BCUT2D eigenvalue weighted by atomic mass is 32.2. The summed E-state index contributed by atoms with van der Waals surface area (Å²) in [7, 11) is -3.72. The van der Waals surface area contributed by atoms with Crippen LogP contribution in [-0.4, -0.2) is 49.0 Å². The predicted octanol–water partition coefficient (Wildman–Crippen LogP) is 2.41. The Hall–Kier alpha value is -2.45. The number of rotatable bonds is 5. The zero-order valence-electron chi connectivity index (χ0n) is 15.4. The summed E-state index contributed by atoms with van der Waals surface area (Å²) in [4.78, 5) is 13.2. The van der Waals surface area contributed by atoms with Crippen molar-refractivity contribution in [3.05, 3.63) is 59.4 Å². The number of hydrogen-bond acceptors (Lipinski definition) is 4. The van der Waals surface area contributed by atoms with Crippen molar-refractivity contribution in [2.24, 2.45) is 0 Å². The molecule has 148 valence electrons. The topological polar surface area (TPSA) is 77.9 Å². The largest absolute Gasteiger partial charge is 0.481 e. The van der Waals surface area contributed by atoms with Gasteiger partial charge in [-0.2, -0.15) is 4.31 Å². The van der Waals surface area contributed by atoms with Gasteiger partial charge in [-0.05, 0) is 54.8 Å². The molecule has 2 saturated heterocycles. The first-order valence-electron chi connectivity index (χ1n) is 9.11. The third-order valence-corrected chi connectivity index (χ3v) is 7.51. The number of aryl methyl sites for hydroxylation is 1. The summed E-state index contributed by atoms with van der Waals surface area (Å²) < 4.78 is 41.4. The van der Waals surface area contributed by atoms with Crippen LogP contribution in [0.4, 0.5) is 10.1 Å². The normalized spacial score (nSPS) is 22.0. The van der Waals surface area contributed by atoms with Crippen molar-refractivity contribution in [3.8, 4) is 0 Å². The van der Waals surface area contributed by atoms with E-state index < -0.39 is 16.0 Å². The third-order valence-electron chi connectivity index (χ3n) is 5.60. The van der Waals surface area contributed by atoms with E-state index in [1.165, 1.54) is 28.6 Å². The van der Waals surface area contributed by atoms with E-state index in [0.29, 0.717) is 25.1 Å². The molecule has 4 rings (SSSR count). The molecule has 2 aliphatic heterocycles. The SMILES string of the molecule is Cc1ccc(S(=O)(=O)N2CC3CC2CN3c2cccc(F)c2)cc1CC(=O)O. The Morgan fingerprint density at radius 2 is 1.96 bits per heavy atom. The number of piperazine rings is 1. The molecule has 0 saturated carbocycles. The lowest BCUT2D eigenvalue weighted by Gasteiger charge is -2.35. The molecule has 0 aliphatic carbocycles. The maximum Gasteiger partial charge on any atom is 0.307 e. The Labute approximate surface area is 163 Å². The van der Waals surface area contributed by atoms with Crippen molar-refractivity contribution < 1.29 is 22.7 Å². The molecule has 2 aliphatic rings. The van der Waals surface area contributed by atoms with E-state index in [1.54, 1.807) is 19.1 Å². The molecular formula is C20H21FN2O4S. The number of fused-ring (bicyclic) bond motifs is 2. The second-order valence-electron chi connectivity index (χ2n) is 7.41. The van der Waals surface area contributed by atoms with Crippen molar-refractivity contribution in [3.63, 3.8) is 0 Å².